The van der Waals surface area contributed by atoms with Crippen molar-refractivity contribution >= 4 is 33.5 Å². The maximum absolute atomic E-state index is 13.7. The van der Waals surface area contributed by atoms with Crippen molar-refractivity contribution in [1.82, 2.24) is 19.9 Å². The van der Waals surface area contributed by atoms with E-state index in [2.05, 4.69) is 15.0 Å². The number of hydrogen-bond donors (Lipinski definition) is 2. The summed E-state index contributed by atoms with van der Waals surface area (Å²) in [5, 5.41) is 1.77. The molecule has 0 saturated heterocycles. The van der Waals surface area contributed by atoms with E-state index in [0.717, 1.165) is 39.7 Å². The van der Waals surface area contributed by atoms with E-state index in [0.29, 0.717) is 22.6 Å². The second-order valence-electron chi connectivity index (χ2n) is 8.69. The quantitative estimate of drug-likeness (QED) is 0.324. The van der Waals surface area contributed by atoms with Crippen molar-refractivity contribution in [2.24, 2.45) is 0 Å². The van der Waals surface area contributed by atoms with Crippen LogP contribution in [0.4, 0.5) is 19.0 Å². The van der Waals surface area contributed by atoms with Gasteiger partial charge < -0.3 is 15.6 Å². The van der Waals surface area contributed by atoms with Crippen LogP contribution in [0.25, 0.3) is 21.8 Å². The van der Waals surface area contributed by atoms with E-state index in [4.69, 9.17) is 5.73 Å². The minimum atomic E-state index is -4.48. The van der Waals surface area contributed by atoms with Gasteiger partial charge in [-0.2, -0.15) is 13.2 Å². The van der Waals surface area contributed by atoms with Crippen LogP contribution in [-0.2, 0) is 19.3 Å². The summed E-state index contributed by atoms with van der Waals surface area (Å²) in [5.74, 6) is 0.152. The topological polar surface area (TPSA) is 87.9 Å². The van der Waals surface area contributed by atoms with Gasteiger partial charge in [0.15, 0.2) is 0 Å². The van der Waals surface area contributed by atoms with Crippen molar-refractivity contribution in [3.05, 3.63) is 101 Å². The van der Waals surface area contributed by atoms with E-state index in [1.54, 1.807) is 23.1 Å². The summed E-state index contributed by atoms with van der Waals surface area (Å²) in [6.07, 6.45) is -1.85. The fourth-order valence-corrected chi connectivity index (χ4v) is 4.11. The number of rotatable bonds is 5. The Kier molecular flexibility index (Phi) is 5.83. The predicted octanol–water partition coefficient (Wildman–Crippen LogP) is 5.86. The van der Waals surface area contributed by atoms with Crippen molar-refractivity contribution < 1.29 is 18.0 Å². The van der Waals surface area contributed by atoms with Crippen LogP contribution < -0.4 is 5.73 Å². The van der Waals surface area contributed by atoms with Crippen molar-refractivity contribution in [3.63, 3.8) is 0 Å². The number of fused-ring (bicyclic) bond motifs is 2. The minimum Gasteiger partial charge on any atom is -0.383 e. The van der Waals surface area contributed by atoms with Crippen LogP contribution in [0.5, 0.6) is 0 Å². The molecule has 0 spiro atoms. The summed E-state index contributed by atoms with van der Waals surface area (Å²) in [6, 6.07) is 17.1. The Balaban J connectivity index is 1.49. The number of hydrogen-bond acceptors (Lipinski definition) is 4. The number of carbonyl (C=O) groups excluding carboxylic acids is 1. The van der Waals surface area contributed by atoms with E-state index in [9.17, 15) is 18.0 Å². The first-order valence-electron chi connectivity index (χ1n) is 11.2. The number of anilines is 1. The lowest BCUT2D eigenvalue weighted by Crippen LogP contribution is -2.30. The number of carbonyl (C=O) groups is 1. The molecule has 182 valence electrons. The molecule has 0 bridgehead atoms. The Bertz CT molecular complexity index is 1570. The maximum Gasteiger partial charge on any atom is 0.417 e. The highest BCUT2D eigenvalue weighted by atomic mass is 19.4. The number of benzene rings is 2. The van der Waals surface area contributed by atoms with Gasteiger partial charge in [-0.1, -0.05) is 6.07 Å². The number of nitrogens with two attached hydrogens (primary N) is 1. The third-order valence-electron chi connectivity index (χ3n) is 6.07. The van der Waals surface area contributed by atoms with Crippen molar-refractivity contribution in [1.29, 1.82) is 0 Å². The lowest BCUT2D eigenvalue weighted by atomic mass is 10.1. The zero-order chi connectivity index (χ0) is 25.4. The van der Waals surface area contributed by atoms with Gasteiger partial charge in [0.25, 0.3) is 5.91 Å². The molecule has 3 N–H and O–H groups in total. The normalized spacial score (nSPS) is 11.8. The lowest BCUT2D eigenvalue weighted by Gasteiger charge is -2.23. The van der Waals surface area contributed by atoms with Gasteiger partial charge in [-0.3, -0.25) is 9.78 Å². The number of aromatic nitrogens is 3. The van der Waals surface area contributed by atoms with Gasteiger partial charge >= 0.3 is 6.18 Å². The average molecular weight is 490 g/mol. The van der Waals surface area contributed by atoms with Gasteiger partial charge in [0.05, 0.1) is 23.3 Å². The van der Waals surface area contributed by atoms with Crippen LogP contribution in [0, 0.1) is 6.92 Å². The van der Waals surface area contributed by atoms with Crippen molar-refractivity contribution in [2.75, 3.05) is 5.73 Å². The molecular weight excluding hydrogens is 467 g/mol. The second-order valence-corrected chi connectivity index (χ2v) is 8.69. The van der Waals surface area contributed by atoms with Gasteiger partial charge in [0.1, 0.15) is 5.82 Å². The molecule has 0 fully saturated rings. The molecule has 9 heteroatoms. The molecule has 2 aromatic carbocycles. The second kappa shape index (κ2) is 8.99. The maximum atomic E-state index is 13.7. The lowest BCUT2D eigenvalue weighted by molar-refractivity contribution is -0.137. The molecule has 3 heterocycles. The molecule has 1 amide bonds. The number of pyridine rings is 2. The number of nitrogens with one attached hydrogen (secondary N) is 1. The summed E-state index contributed by atoms with van der Waals surface area (Å²) in [7, 11) is 0. The number of aryl methyl sites for hydroxylation is 1. The molecule has 5 aromatic rings. The molecule has 36 heavy (non-hydrogen) atoms. The third-order valence-corrected chi connectivity index (χ3v) is 6.07. The van der Waals surface area contributed by atoms with Crippen LogP contribution in [0.2, 0.25) is 0 Å². The molecule has 0 unspecified atom stereocenters. The van der Waals surface area contributed by atoms with E-state index in [1.165, 1.54) is 6.07 Å². The van der Waals surface area contributed by atoms with Gasteiger partial charge in [-0.05, 0) is 78.0 Å². The summed E-state index contributed by atoms with van der Waals surface area (Å²) >= 11 is 0. The molecule has 0 atom stereocenters. The van der Waals surface area contributed by atoms with Crippen LogP contribution in [0.1, 0.15) is 32.7 Å². The van der Waals surface area contributed by atoms with E-state index in [1.807, 2.05) is 43.5 Å². The molecule has 0 aliphatic heterocycles. The Hall–Kier alpha value is -4.40. The summed E-state index contributed by atoms with van der Waals surface area (Å²) in [5.41, 5.74) is 9.18. The fourth-order valence-electron chi connectivity index (χ4n) is 4.11. The van der Waals surface area contributed by atoms with Gasteiger partial charge in [-0.15, -0.1) is 0 Å². The zero-order valence-electron chi connectivity index (χ0n) is 19.3. The standard InChI is InChI=1S/C27H22F3N5O/c1-16-10-20-12-19(3-7-24(20)34-25(16)31)26(36)35(14-17-2-6-23-18(11-17)8-9-32-23)15-22-5-4-21(13-33-22)27(28,29)30/h2-13,32H,14-15H2,1H3,(H2,31,34). The van der Waals surface area contributed by atoms with Crippen LogP contribution >= 0.6 is 0 Å². The smallest absolute Gasteiger partial charge is 0.383 e. The summed E-state index contributed by atoms with van der Waals surface area (Å²) < 4.78 is 38.9. The number of H-pyrrole nitrogens is 1. The first kappa shape index (κ1) is 23.3. The van der Waals surface area contributed by atoms with Crippen LogP contribution in [-0.4, -0.2) is 25.8 Å². The van der Waals surface area contributed by atoms with Crippen molar-refractivity contribution in [3.8, 4) is 0 Å². The number of nitrogen functional groups attached to an aromatic ring is 1. The largest absolute Gasteiger partial charge is 0.417 e. The molecular formula is C27H22F3N5O. The third kappa shape index (κ3) is 4.72. The van der Waals surface area contributed by atoms with Gasteiger partial charge in [0, 0.05) is 35.4 Å². The van der Waals surface area contributed by atoms with E-state index < -0.39 is 11.7 Å². The van der Waals surface area contributed by atoms with Gasteiger partial charge in [0.2, 0.25) is 0 Å². The molecule has 0 aliphatic rings. The van der Waals surface area contributed by atoms with Crippen LogP contribution in [0.3, 0.4) is 0 Å². The number of amides is 1. The Morgan fingerprint density at radius 2 is 1.83 bits per heavy atom. The Morgan fingerprint density at radius 1 is 1.00 bits per heavy atom. The SMILES string of the molecule is Cc1cc2cc(C(=O)N(Cc3ccc4[nH]ccc4c3)Cc3ccc(C(F)(F)F)cn3)ccc2nc1N. The first-order chi connectivity index (χ1) is 17.2. The summed E-state index contributed by atoms with van der Waals surface area (Å²) in [6.45, 7) is 2.13. The average Bonchev–Trinajstić information content (AvgIpc) is 3.31. The Labute approximate surface area is 204 Å². The van der Waals surface area contributed by atoms with Crippen LogP contribution in [0.15, 0.2) is 73.1 Å². The predicted molar refractivity (Wildman–Crippen MR) is 132 cm³/mol. The number of halogens is 3. The highest BCUT2D eigenvalue weighted by Gasteiger charge is 2.30. The number of alkyl halides is 3. The minimum absolute atomic E-state index is 0.0409. The fraction of sp³-hybridized carbons (Fsp3) is 0.148. The highest BCUT2D eigenvalue weighted by Crippen LogP contribution is 2.29. The number of aromatic amines is 1. The molecule has 0 aliphatic carbocycles. The first-order valence-corrected chi connectivity index (χ1v) is 11.2. The molecule has 5 rings (SSSR count). The van der Waals surface area contributed by atoms with E-state index in [-0.39, 0.29) is 19.0 Å². The molecule has 0 radical (unpaired) electrons. The molecule has 0 saturated carbocycles. The number of nitrogens with zero attached hydrogens (tertiary/aromatic N) is 3. The van der Waals surface area contributed by atoms with Crippen molar-refractivity contribution in [2.45, 2.75) is 26.2 Å². The summed E-state index contributed by atoms with van der Waals surface area (Å²) in [4.78, 5) is 26.7. The van der Waals surface area contributed by atoms with E-state index >= 15 is 0 Å². The Morgan fingerprint density at radius 3 is 2.58 bits per heavy atom. The monoisotopic (exact) mass is 489 g/mol. The van der Waals surface area contributed by atoms with Gasteiger partial charge in [-0.25, -0.2) is 4.98 Å². The molecule has 6 nitrogen and oxygen atoms in total. The molecule has 3 aromatic heterocycles. The highest BCUT2D eigenvalue weighted by molar-refractivity contribution is 5.98. The zero-order valence-corrected chi connectivity index (χ0v) is 19.3.